The zero-order chi connectivity index (χ0) is 13.3. The molecule has 0 spiro atoms. The summed E-state index contributed by atoms with van der Waals surface area (Å²) in [5.74, 6) is 1.73. The van der Waals surface area contributed by atoms with E-state index in [9.17, 15) is 9.90 Å². The van der Waals surface area contributed by atoms with Gasteiger partial charge < -0.3 is 9.84 Å². The van der Waals surface area contributed by atoms with Gasteiger partial charge >= 0.3 is 5.97 Å². The lowest BCUT2D eigenvalue weighted by atomic mass is 9.39. The van der Waals surface area contributed by atoms with Crippen molar-refractivity contribution < 1.29 is 14.6 Å². The molecule has 0 aliphatic heterocycles. The van der Waals surface area contributed by atoms with Crippen molar-refractivity contribution in [3.63, 3.8) is 0 Å². The zero-order valence-electron chi connectivity index (χ0n) is 11.8. The Balaban J connectivity index is 1.80. The van der Waals surface area contributed by atoms with E-state index in [-0.39, 0.29) is 11.6 Å². The summed E-state index contributed by atoms with van der Waals surface area (Å²) in [4.78, 5) is 12.1. The SMILES string of the molecule is CC1(O)CC2CC3CC(OC(=O)C(C)(C)C)(C1)C23. The molecule has 0 amide bonds. The van der Waals surface area contributed by atoms with Crippen molar-refractivity contribution in [2.45, 2.75) is 64.6 Å². The predicted molar refractivity (Wildman–Crippen MR) is 67.8 cm³/mol. The third-order valence-corrected chi connectivity index (χ3v) is 5.13. The third-order valence-electron chi connectivity index (χ3n) is 5.13. The van der Waals surface area contributed by atoms with Crippen molar-refractivity contribution >= 4 is 5.97 Å². The predicted octanol–water partition coefficient (Wildman–Crippen LogP) is 2.52. The van der Waals surface area contributed by atoms with Crippen molar-refractivity contribution in [2.75, 3.05) is 0 Å². The molecular weight excluding hydrogens is 228 g/mol. The summed E-state index contributed by atoms with van der Waals surface area (Å²) >= 11 is 0. The summed E-state index contributed by atoms with van der Waals surface area (Å²) in [6, 6.07) is 0. The lowest BCUT2D eigenvalue weighted by Gasteiger charge is -2.69. The van der Waals surface area contributed by atoms with Gasteiger partial charge in [-0.05, 0) is 58.8 Å². The van der Waals surface area contributed by atoms with Crippen LogP contribution < -0.4 is 0 Å². The maximum absolute atomic E-state index is 12.1. The van der Waals surface area contributed by atoms with E-state index in [4.69, 9.17) is 4.74 Å². The molecule has 0 radical (unpaired) electrons. The summed E-state index contributed by atoms with van der Waals surface area (Å²) in [6.45, 7) is 7.56. The Bertz CT molecular complexity index is 393. The minimum absolute atomic E-state index is 0.121. The standard InChI is InChI=1S/C15H24O3/c1-13(2,3)12(16)18-15-7-10-5-9(11(10)15)6-14(4,17)8-15/h9-11,17H,5-8H2,1-4H3. The van der Waals surface area contributed by atoms with Crippen LogP contribution in [0.4, 0.5) is 0 Å². The molecular formula is C15H24O3. The number of carbonyl (C=O) groups is 1. The number of hydrogen-bond acceptors (Lipinski definition) is 3. The molecule has 102 valence electrons. The first kappa shape index (κ1) is 12.5. The number of carbonyl (C=O) groups excluding carboxylic acids is 1. The zero-order valence-corrected chi connectivity index (χ0v) is 11.8. The van der Waals surface area contributed by atoms with Gasteiger partial charge in [-0.3, -0.25) is 4.79 Å². The second-order valence-corrected chi connectivity index (χ2v) is 8.07. The second kappa shape index (κ2) is 3.30. The highest BCUT2D eigenvalue weighted by Gasteiger charge is 2.70. The number of ether oxygens (including phenoxy) is 1. The summed E-state index contributed by atoms with van der Waals surface area (Å²) < 4.78 is 5.88. The molecule has 0 aromatic rings. The molecule has 3 nitrogen and oxygen atoms in total. The van der Waals surface area contributed by atoms with Crippen LogP contribution in [0.25, 0.3) is 0 Å². The summed E-state index contributed by atoms with van der Waals surface area (Å²) in [5.41, 5.74) is -1.47. The first-order chi connectivity index (χ1) is 8.13. The Morgan fingerprint density at radius 1 is 1.28 bits per heavy atom. The third kappa shape index (κ3) is 1.63. The van der Waals surface area contributed by atoms with E-state index in [1.807, 2.05) is 27.7 Å². The average Bonchev–Trinajstić information content (AvgIpc) is 2.09. The van der Waals surface area contributed by atoms with Crippen molar-refractivity contribution in [1.29, 1.82) is 0 Å². The van der Waals surface area contributed by atoms with Crippen molar-refractivity contribution in [1.82, 2.24) is 0 Å². The van der Waals surface area contributed by atoms with Gasteiger partial charge in [-0.1, -0.05) is 0 Å². The highest BCUT2D eigenvalue weighted by Crippen LogP contribution is 2.68. The van der Waals surface area contributed by atoms with Gasteiger partial charge in [0, 0.05) is 12.3 Å². The fourth-order valence-electron chi connectivity index (χ4n) is 4.53. The molecule has 5 unspecified atom stereocenters. The van der Waals surface area contributed by atoms with E-state index in [0.717, 1.165) is 18.8 Å². The summed E-state index contributed by atoms with van der Waals surface area (Å²) in [5, 5.41) is 10.4. The van der Waals surface area contributed by atoms with Gasteiger partial charge in [-0.15, -0.1) is 0 Å². The van der Waals surface area contributed by atoms with E-state index in [2.05, 4.69) is 0 Å². The fourth-order valence-corrected chi connectivity index (χ4v) is 4.53. The lowest BCUT2D eigenvalue weighted by molar-refractivity contribution is -0.291. The van der Waals surface area contributed by atoms with Crippen LogP contribution in [0.1, 0.15) is 53.4 Å². The van der Waals surface area contributed by atoms with E-state index >= 15 is 0 Å². The van der Waals surface area contributed by atoms with Gasteiger partial charge in [0.2, 0.25) is 0 Å². The summed E-state index contributed by atoms with van der Waals surface area (Å²) in [6.07, 6.45) is 3.68. The van der Waals surface area contributed by atoms with Gasteiger partial charge in [-0.25, -0.2) is 0 Å². The topological polar surface area (TPSA) is 46.5 Å². The first-order valence-electron chi connectivity index (χ1n) is 7.09. The van der Waals surface area contributed by atoms with Gasteiger partial charge in [-0.2, -0.15) is 0 Å². The molecule has 1 N–H and O–H groups in total. The highest BCUT2D eigenvalue weighted by molar-refractivity contribution is 5.76. The fraction of sp³-hybridized carbons (Fsp3) is 0.933. The van der Waals surface area contributed by atoms with Crippen molar-refractivity contribution in [3.8, 4) is 0 Å². The van der Waals surface area contributed by atoms with E-state index < -0.39 is 11.0 Å². The van der Waals surface area contributed by atoms with Gasteiger partial charge in [0.25, 0.3) is 0 Å². The Hall–Kier alpha value is -0.570. The number of esters is 1. The number of rotatable bonds is 1. The van der Waals surface area contributed by atoms with Gasteiger partial charge in [0.1, 0.15) is 5.60 Å². The van der Waals surface area contributed by atoms with Crippen LogP contribution in [-0.4, -0.2) is 22.3 Å². The minimum Gasteiger partial charge on any atom is -0.458 e. The first-order valence-corrected chi connectivity index (χ1v) is 7.09. The van der Waals surface area contributed by atoms with Crippen LogP contribution in [0.2, 0.25) is 0 Å². The normalized spacial score (nSPS) is 49.7. The average molecular weight is 252 g/mol. The molecule has 3 rings (SSSR count). The van der Waals surface area contributed by atoms with Crippen LogP contribution in [0.3, 0.4) is 0 Å². The smallest absolute Gasteiger partial charge is 0.311 e. The quantitative estimate of drug-likeness (QED) is 0.729. The Morgan fingerprint density at radius 2 is 1.89 bits per heavy atom. The molecule has 5 atom stereocenters. The van der Waals surface area contributed by atoms with Crippen molar-refractivity contribution in [2.24, 2.45) is 23.2 Å². The van der Waals surface area contributed by atoms with Crippen LogP contribution in [0, 0.1) is 23.2 Å². The largest absolute Gasteiger partial charge is 0.458 e. The molecule has 0 saturated heterocycles. The van der Waals surface area contributed by atoms with Crippen LogP contribution in [0.5, 0.6) is 0 Å². The molecule has 18 heavy (non-hydrogen) atoms. The molecule has 3 fully saturated rings. The molecule has 0 aromatic heterocycles. The van der Waals surface area contributed by atoms with Crippen LogP contribution >= 0.6 is 0 Å². The maximum atomic E-state index is 12.1. The van der Waals surface area contributed by atoms with E-state index in [1.165, 1.54) is 6.42 Å². The van der Waals surface area contributed by atoms with Gasteiger partial charge in [0.05, 0.1) is 11.0 Å². The number of aliphatic hydroxyl groups is 1. The number of hydrogen-bond donors (Lipinski definition) is 1. The molecule has 3 aliphatic carbocycles. The van der Waals surface area contributed by atoms with E-state index in [0.29, 0.717) is 18.3 Å². The molecule has 3 saturated carbocycles. The molecule has 0 bridgehead atoms. The highest BCUT2D eigenvalue weighted by atomic mass is 16.6. The second-order valence-electron chi connectivity index (χ2n) is 8.07. The van der Waals surface area contributed by atoms with Gasteiger partial charge in [0.15, 0.2) is 0 Å². The molecule has 3 aliphatic rings. The van der Waals surface area contributed by atoms with Crippen molar-refractivity contribution in [3.05, 3.63) is 0 Å². The lowest BCUT2D eigenvalue weighted by Crippen LogP contribution is -2.71. The minimum atomic E-state index is -0.662. The monoisotopic (exact) mass is 252 g/mol. The Morgan fingerprint density at radius 3 is 2.44 bits per heavy atom. The Labute approximate surface area is 109 Å². The summed E-state index contributed by atoms with van der Waals surface area (Å²) in [7, 11) is 0. The van der Waals surface area contributed by atoms with E-state index in [1.54, 1.807) is 0 Å². The molecule has 3 heteroatoms. The molecule has 0 heterocycles. The van der Waals surface area contributed by atoms with Crippen LogP contribution in [0.15, 0.2) is 0 Å². The Kier molecular flexibility index (Phi) is 2.28. The molecule has 0 aromatic carbocycles. The van der Waals surface area contributed by atoms with Crippen LogP contribution in [-0.2, 0) is 9.53 Å². The maximum Gasteiger partial charge on any atom is 0.311 e.